The van der Waals surface area contributed by atoms with Crippen molar-refractivity contribution in [2.45, 2.75) is 45.6 Å². The van der Waals surface area contributed by atoms with Gasteiger partial charge in [0.2, 0.25) is 0 Å². The number of aliphatic hydroxyl groups excluding tert-OH is 1. The van der Waals surface area contributed by atoms with Crippen molar-refractivity contribution in [1.29, 1.82) is 0 Å². The number of anilines is 2. The predicted octanol–water partition coefficient (Wildman–Crippen LogP) is 1.57. The van der Waals surface area contributed by atoms with Crippen molar-refractivity contribution in [2.75, 3.05) is 16.8 Å². The van der Waals surface area contributed by atoms with Gasteiger partial charge in [0.1, 0.15) is 12.2 Å². The third-order valence-electron chi connectivity index (χ3n) is 5.29. The van der Waals surface area contributed by atoms with E-state index in [0.717, 1.165) is 29.0 Å². The highest BCUT2D eigenvalue weighted by atomic mass is 16.4. The minimum Gasteiger partial charge on any atom is -0.480 e. The second-order valence-corrected chi connectivity index (χ2v) is 7.49. The maximum absolute atomic E-state index is 12.0. The summed E-state index contributed by atoms with van der Waals surface area (Å²) in [7, 11) is 1.75. The van der Waals surface area contributed by atoms with Crippen molar-refractivity contribution in [3.05, 3.63) is 57.5 Å². The number of aromatic nitrogens is 1. The van der Waals surface area contributed by atoms with Gasteiger partial charge in [0.25, 0.3) is 5.56 Å². The largest absolute Gasteiger partial charge is 0.480 e. The smallest absolute Gasteiger partial charge is 0.323 e. The highest BCUT2D eigenvalue weighted by Gasteiger charge is 2.30. The Balaban J connectivity index is 1.84. The summed E-state index contributed by atoms with van der Waals surface area (Å²) in [4.78, 5) is 25.5. The molecule has 1 aromatic heterocycles. The number of pyridine rings is 1. The number of fused-ring (bicyclic) bond motifs is 1. The Morgan fingerprint density at radius 2 is 2.07 bits per heavy atom. The van der Waals surface area contributed by atoms with E-state index in [4.69, 9.17) is 0 Å². The first-order valence-electron chi connectivity index (χ1n) is 9.70. The lowest BCUT2D eigenvalue weighted by molar-refractivity contribution is -0.142. The van der Waals surface area contributed by atoms with Crippen LogP contribution in [0.2, 0.25) is 0 Å². The molecule has 3 rings (SSSR count). The second-order valence-electron chi connectivity index (χ2n) is 7.49. The van der Waals surface area contributed by atoms with Crippen LogP contribution in [0.1, 0.15) is 36.7 Å². The molecule has 29 heavy (non-hydrogen) atoms. The SMILES string of the molecule is CCN1c2ccc(CNC(C(=O)O)C(C)O)cc2NC1c1cc(C)c(=O)n(C)c1. The average Bonchev–Trinajstić information content (AvgIpc) is 3.03. The van der Waals surface area contributed by atoms with Crippen LogP contribution in [0.4, 0.5) is 11.4 Å². The maximum Gasteiger partial charge on any atom is 0.323 e. The van der Waals surface area contributed by atoms with E-state index in [9.17, 15) is 19.8 Å². The lowest BCUT2D eigenvalue weighted by Crippen LogP contribution is -2.44. The molecule has 0 spiro atoms. The number of aliphatic carboxylic acids is 1. The molecular weight excluding hydrogens is 372 g/mol. The number of hydrogen-bond donors (Lipinski definition) is 4. The number of hydrogen-bond acceptors (Lipinski definition) is 6. The van der Waals surface area contributed by atoms with Gasteiger partial charge in [-0.1, -0.05) is 6.07 Å². The maximum atomic E-state index is 12.0. The molecule has 1 aliphatic heterocycles. The number of carboxylic acids is 1. The number of benzene rings is 1. The number of carboxylic acid groups (broad SMARTS) is 1. The number of nitrogens with one attached hydrogen (secondary N) is 2. The van der Waals surface area contributed by atoms with Crippen LogP contribution in [0.5, 0.6) is 0 Å². The molecule has 1 aromatic carbocycles. The van der Waals surface area contributed by atoms with Crippen LogP contribution in [-0.2, 0) is 18.4 Å². The minimum absolute atomic E-state index is 0.00762. The van der Waals surface area contributed by atoms with Crippen LogP contribution < -0.4 is 21.1 Å². The van der Waals surface area contributed by atoms with E-state index in [1.165, 1.54) is 6.92 Å². The van der Waals surface area contributed by atoms with Gasteiger partial charge in [-0.15, -0.1) is 0 Å². The zero-order chi connectivity index (χ0) is 21.3. The normalized spacial score (nSPS) is 17.6. The van der Waals surface area contributed by atoms with Crippen LogP contribution in [0.15, 0.2) is 35.3 Å². The molecule has 8 heteroatoms. The van der Waals surface area contributed by atoms with Crippen molar-refractivity contribution < 1.29 is 15.0 Å². The molecule has 0 bridgehead atoms. The molecule has 0 fully saturated rings. The second kappa shape index (κ2) is 8.26. The number of nitrogens with zero attached hydrogens (tertiary/aromatic N) is 2. The Morgan fingerprint density at radius 3 is 2.66 bits per heavy atom. The summed E-state index contributed by atoms with van der Waals surface area (Å²) >= 11 is 0. The van der Waals surface area contributed by atoms with E-state index in [2.05, 4.69) is 22.5 Å². The molecule has 2 aromatic rings. The van der Waals surface area contributed by atoms with Gasteiger partial charge < -0.3 is 25.0 Å². The quantitative estimate of drug-likeness (QED) is 0.559. The highest BCUT2D eigenvalue weighted by Crippen LogP contribution is 2.41. The highest BCUT2D eigenvalue weighted by molar-refractivity contribution is 5.77. The number of carbonyl (C=O) groups is 1. The molecule has 0 aliphatic carbocycles. The molecular formula is C21H28N4O4. The standard InChI is InChI=1S/C21H28N4O4/c1-5-25-17-7-6-14(10-22-18(13(3)26)21(28)29)9-16(17)23-19(25)15-8-12(2)20(27)24(4)11-15/h6-9,11,13,18-19,22-23,26H,5,10H2,1-4H3,(H,28,29). The van der Waals surface area contributed by atoms with Gasteiger partial charge in [-0.25, -0.2) is 0 Å². The number of aliphatic hydroxyl groups is 1. The van der Waals surface area contributed by atoms with Crippen molar-refractivity contribution in [3.63, 3.8) is 0 Å². The summed E-state index contributed by atoms with van der Waals surface area (Å²) < 4.78 is 1.60. The van der Waals surface area contributed by atoms with Gasteiger partial charge in [0.15, 0.2) is 0 Å². The molecule has 2 heterocycles. The van der Waals surface area contributed by atoms with Crippen LogP contribution in [0.3, 0.4) is 0 Å². The summed E-state index contributed by atoms with van der Waals surface area (Å²) in [6.45, 7) is 6.46. The fraction of sp³-hybridized carbons (Fsp3) is 0.429. The molecule has 4 N–H and O–H groups in total. The zero-order valence-corrected chi connectivity index (χ0v) is 17.1. The number of rotatable bonds is 7. The molecule has 0 amide bonds. The zero-order valence-electron chi connectivity index (χ0n) is 17.1. The third kappa shape index (κ3) is 4.13. The molecule has 1 aliphatic rings. The van der Waals surface area contributed by atoms with Gasteiger partial charge in [0, 0.05) is 37.5 Å². The molecule has 3 atom stereocenters. The van der Waals surface area contributed by atoms with Crippen molar-refractivity contribution in [3.8, 4) is 0 Å². The van der Waals surface area contributed by atoms with Gasteiger partial charge in [0.05, 0.1) is 17.5 Å². The van der Waals surface area contributed by atoms with Gasteiger partial charge in [-0.3, -0.25) is 14.9 Å². The predicted molar refractivity (Wildman–Crippen MR) is 112 cm³/mol. The summed E-state index contributed by atoms with van der Waals surface area (Å²) in [5.74, 6) is -1.08. The average molecular weight is 400 g/mol. The Hall–Kier alpha value is -2.84. The minimum atomic E-state index is -1.08. The molecule has 156 valence electrons. The van der Waals surface area contributed by atoms with E-state index in [1.54, 1.807) is 11.6 Å². The monoisotopic (exact) mass is 400 g/mol. The fourth-order valence-corrected chi connectivity index (χ4v) is 3.79. The topological polar surface area (TPSA) is 107 Å². The van der Waals surface area contributed by atoms with E-state index in [0.29, 0.717) is 12.1 Å². The third-order valence-corrected chi connectivity index (χ3v) is 5.29. The molecule has 0 saturated heterocycles. The lowest BCUT2D eigenvalue weighted by Gasteiger charge is -2.26. The first kappa shape index (κ1) is 20.9. The van der Waals surface area contributed by atoms with Crippen LogP contribution >= 0.6 is 0 Å². The van der Waals surface area contributed by atoms with Crippen LogP contribution in [0, 0.1) is 6.92 Å². The summed E-state index contributed by atoms with van der Waals surface area (Å²) in [6.07, 6.45) is 0.769. The molecule has 3 unspecified atom stereocenters. The Bertz CT molecular complexity index is 943. The lowest BCUT2D eigenvalue weighted by atomic mass is 10.1. The Morgan fingerprint density at radius 1 is 1.34 bits per heavy atom. The van der Waals surface area contributed by atoms with Crippen molar-refractivity contribution >= 4 is 17.3 Å². The van der Waals surface area contributed by atoms with Gasteiger partial charge >= 0.3 is 5.97 Å². The van der Waals surface area contributed by atoms with E-state index in [1.807, 2.05) is 37.4 Å². The van der Waals surface area contributed by atoms with Gasteiger partial charge in [-0.2, -0.15) is 0 Å². The van der Waals surface area contributed by atoms with E-state index >= 15 is 0 Å². The van der Waals surface area contributed by atoms with Crippen molar-refractivity contribution in [2.24, 2.45) is 7.05 Å². The first-order chi connectivity index (χ1) is 13.7. The van der Waals surface area contributed by atoms with Crippen molar-refractivity contribution in [1.82, 2.24) is 9.88 Å². The molecule has 8 nitrogen and oxygen atoms in total. The summed E-state index contributed by atoms with van der Waals surface area (Å²) in [6, 6.07) is 6.84. The molecule has 0 radical (unpaired) electrons. The number of aryl methyl sites for hydroxylation is 2. The van der Waals surface area contributed by atoms with Gasteiger partial charge in [-0.05, 0) is 44.5 Å². The van der Waals surface area contributed by atoms with Crippen LogP contribution in [0.25, 0.3) is 0 Å². The summed E-state index contributed by atoms with van der Waals surface area (Å²) in [5.41, 5.74) is 4.61. The Kier molecular flexibility index (Phi) is 5.95. The van der Waals surface area contributed by atoms with E-state index < -0.39 is 18.1 Å². The Labute approximate surface area is 169 Å². The first-order valence-corrected chi connectivity index (χ1v) is 9.70. The van der Waals surface area contributed by atoms with E-state index in [-0.39, 0.29) is 11.7 Å². The van der Waals surface area contributed by atoms with Crippen LogP contribution in [-0.4, -0.2) is 39.4 Å². The molecule has 0 saturated carbocycles. The fourth-order valence-electron chi connectivity index (χ4n) is 3.79. The summed E-state index contributed by atoms with van der Waals surface area (Å²) in [5, 5.41) is 25.2.